The van der Waals surface area contributed by atoms with Gasteiger partial charge in [-0.1, -0.05) is 0 Å². The Morgan fingerprint density at radius 3 is 2.38 bits per heavy atom. The average molecular weight is 523 g/mol. The monoisotopic (exact) mass is 522 g/mol. The number of sulfone groups is 1. The minimum Gasteiger partial charge on any atom is -0.457 e. The van der Waals surface area contributed by atoms with Gasteiger partial charge in [-0.25, -0.2) is 26.1 Å². The first kappa shape index (κ1) is 26.1. The molecule has 1 aliphatic rings. The number of nitrogens with one attached hydrogen (secondary N) is 1. The number of halogens is 5. The maximum absolute atomic E-state index is 15.1. The summed E-state index contributed by atoms with van der Waals surface area (Å²) in [5.41, 5.74) is -6.54. The molecule has 0 saturated carbocycles. The van der Waals surface area contributed by atoms with E-state index in [4.69, 9.17) is 10.00 Å². The number of nitriles is 1. The summed E-state index contributed by atoms with van der Waals surface area (Å²) in [6.45, 7) is 4.63. The van der Waals surface area contributed by atoms with E-state index >= 15 is 4.39 Å². The quantitative estimate of drug-likeness (QED) is 0.571. The standard InChI is InChI=1S/C21H19F5N2O4S2/c1-20(2,3)33(29)28-19-15(23)9-14-16(32-13-7-11(10-27)6-12(22)8-13)4-5-17(18(14)19)34(30,31)21(24,25)26/h4-8,15,19,28H,9H2,1-3H3/t15-,19?,33?/m0/s1. The number of rotatable bonds is 5. The van der Waals surface area contributed by atoms with E-state index in [-0.39, 0.29) is 22.6 Å². The van der Waals surface area contributed by atoms with Crippen molar-refractivity contribution in [1.82, 2.24) is 4.72 Å². The maximum Gasteiger partial charge on any atom is 0.501 e. The molecule has 1 aliphatic carbocycles. The van der Waals surface area contributed by atoms with Gasteiger partial charge in [0.1, 0.15) is 23.5 Å². The van der Waals surface area contributed by atoms with Gasteiger partial charge in [-0.2, -0.15) is 18.4 Å². The molecule has 13 heteroatoms. The fourth-order valence-electron chi connectivity index (χ4n) is 3.36. The minimum absolute atomic E-state index is 0.105. The van der Waals surface area contributed by atoms with Crippen LogP contribution in [0.5, 0.6) is 11.5 Å². The molecule has 0 fully saturated rings. The maximum atomic E-state index is 15.1. The van der Waals surface area contributed by atoms with Gasteiger partial charge in [-0.05, 0) is 50.6 Å². The number of ether oxygens (including phenoxy) is 1. The summed E-state index contributed by atoms with van der Waals surface area (Å²) in [5.74, 6) is -1.25. The van der Waals surface area contributed by atoms with Crippen molar-refractivity contribution in [3.8, 4) is 17.6 Å². The Hall–Kier alpha value is -2.56. The number of alkyl halides is 4. The summed E-state index contributed by atoms with van der Waals surface area (Å²) in [6.07, 6.45) is -2.49. The highest BCUT2D eigenvalue weighted by molar-refractivity contribution is 7.92. The molecule has 0 amide bonds. The lowest BCUT2D eigenvalue weighted by Gasteiger charge is -2.25. The molecule has 3 rings (SSSR count). The second kappa shape index (κ2) is 8.90. The number of hydrogen-bond donors (Lipinski definition) is 1. The molecule has 184 valence electrons. The van der Waals surface area contributed by atoms with Crippen LogP contribution in [0.1, 0.15) is 43.5 Å². The molecule has 1 N–H and O–H groups in total. The van der Waals surface area contributed by atoms with Gasteiger partial charge in [0.15, 0.2) is 0 Å². The van der Waals surface area contributed by atoms with Crippen molar-refractivity contribution >= 4 is 20.8 Å². The summed E-state index contributed by atoms with van der Waals surface area (Å²) in [4.78, 5) is -1.19. The molecule has 2 aromatic rings. The van der Waals surface area contributed by atoms with Gasteiger partial charge < -0.3 is 4.74 Å². The van der Waals surface area contributed by atoms with Crippen molar-refractivity contribution < 1.29 is 39.3 Å². The lowest BCUT2D eigenvalue weighted by Crippen LogP contribution is -2.38. The first-order valence-electron chi connectivity index (χ1n) is 9.74. The van der Waals surface area contributed by atoms with Crippen molar-refractivity contribution in [1.29, 1.82) is 5.26 Å². The molecular weight excluding hydrogens is 503 g/mol. The number of benzene rings is 2. The summed E-state index contributed by atoms with van der Waals surface area (Å²) < 4.78 is 113. The Morgan fingerprint density at radius 1 is 1.18 bits per heavy atom. The smallest absolute Gasteiger partial charge is 0.457 e. The summed E-state index contributed by atoms with van der Waals surface area (Å²) in [6, 6.07) is 4.58. The molecule has 0 spiro atoms. The normalized spacial score (nSPS) is 19.4. The van der Waals surface area contributed by atoms with Crippen molar-refractivity contribution in [2.45, 2.75) is 54.6 Å². The zero-order valence-corrected chi connectivity index (χ0v) is 19.7. The predicted octanol–water partition coefficient (Wildman–Crippen LogP) is 4.77. The summed E-state index contributed by atoms with van der Waals surface area (Å²) in [7, 11) is -7.86. The lowest BCUT2D eigenvalue weighted by molar-refractivity contribution is -0.0436. The first-order valence-corrected chi connectivity index (χ1v) is 12.4. The molecule has 0 aromatic heterocycles. The number of fused-ring (bicyclic) bond motifs is 1. The van der Waals surface area contributed by atoms with Gasteiger partial charge in [-0.15, -0.1) is 0 Å². The molecule has 0 heterocycles. The van der Waals surface area contributed by atoms with E-state index in [0.29, 0.717) is 6.07 Å². The van der Waals surface area contributed by atoms with Gasteiger partial charge >= 0.3 is 5.51 Å². The van der Waals surface area contributed by atoms with Crippen LogP contribution in [0.2, 0.25) is 0 Å². The zero-order chi connectivity index (χ0) is 25.6. The third-order valence-corrected chi connectivity index (χ3v) is 8.08. The Kier molecular flexibility index (Phi) is 6.82. The number of hydrogen-bond acceptors (Lipinski definition) is 5. The Balaban J connectivity index is 2.20. The van der Waals surface area contributed by atoms with Crippen LogP contribution in [-0.4, -0.2) is 29.1 Å². The van der Waals surface area contributed by atoms with Crippen LogP contribution in [0.3, 0.4) is 0 Å². The molecule has 6 nitrogen and oxygen atoms in total. The first-order chi connectivity index (χ1) is 15.6. The Bertz CT molecular complexity index is 1300. The molecule has 0 radical (unpaired) electrons. The second-order valence-corrected chi connectivity index (χ2v) is 12.4. The van der Waals surface area contributed by atoms with Gasteiger partial charge in [0.05, 0.1) is 38.3 Å². The molecule has 0 aliphatic heterocycles. The van der Waals surface area contributed by atoms with Crippen molar-refractivity contribution in [2.24, 2.45) is 0 Å². The molecule has 2 aromatic carbocycles. The van der Waals surface area contributed by atoms with Gasteiger partial charge in [-0.3, -0.25) is 0 Å². The topological polar surface area (TPSA) is 96.3 Å². The molecule has 3 atom stereocenters. The molecule has 0 saturated heterocycles. The lowest BCUT2D eigenvalue weighted by atomic mass is 10.1. The summed E-state index contributed by atoms with van der Waals surface area (Å²) >= 11 is 0. The van der Waals surface area contributed by atoms with E-state index in [0.717, 1.165) is 24.3 Å². The van der Waals surface area contributed by atoms with Gasteiger partial charge in [0.25, 0.3) is 9.84 Å². The Morgan fingerprint density at radius 2 is 1.82 bits per heavy atom. The van der Waals surface area contributed by atoms with Crippen molar-refractivity contribution in [2.75, 3.05) is 0 Å². The van der Waals surface area contributed by atoms with Crippen LogP contribution in [0, 0.1) is 17.1 Å². The van der Waals surface area contributed by atoms with Crippen LogP contribution in [0.25, 0.3) is 0 Å². The van der Waals surface area contributed by atoms with Gasteiger partial charge in [0, 0.05) is 18.1 Å². The largest absolute Gasteiger partial charge is 0.501 e. The van der Waals surface area contributed by atoms with Crippen LogP contribution >= 0.6 is 0 Å². The van der Waals surface area contributed by atoms with E-state index in [1.807, 2.05) is 0 Å². The molecule has 2 unspecified atom stereocenters. The fourth-order valence-corrected chi connectivity index (χ4v) is 5.25. The molecular formula is C21H19F5N2O4S2. The Labute approximate surface area is 195 Å². The van der Waals surface area contributed by atoms with E-state index in [9.17, 15) is 30.2 Å². The highest BCUT2D eigenvalue weighted by atomic mass is 32.2. The molecule has 34 heavy (non-hydrogen) atoms. The number of nitrogens with zero attached hydrogens (tertiary/aromatic N) is 1. The van der Waals surface area contributed by atoms with Crippen LogP contribution in [0.15, 0.2) is 35.2 Å². The highest BCUT2D eigenvalue weighted by Gasteiger charge is 2.51. The van der Waals surface area contributed by atoms with Crippen LogP contribution in [0.4, 0.5) is 22.0 Å². The van der Waals surface area contributed by atoms with Crippen LogP contribution in [-0.2, 0) is 27.2 Å². The predicted molar refractivity (Wildman–Crippen MR) is 113 cm³/mol. The third kappa shape index (κ3) is 4.94. The van der Waals surface area contributed by atoms with Crippen LogP contribution < -0.4 is 9.46 Å². The van der Waals surface area contributed by atoms with Crippen molar-refractivity contribution in [3.05, 3.63) is 52.8 Å². The molecule has 0 bridgehead atoms. The zero-order valence-electron chi connectivity index (χ0n) is 18.0. The van der Waals surface area contributed by atoms with Gasteiger partial charge in [0.2, 0.25) is 0 Å². The van der Waals surface area contributed by atoms with Crippen molar-refractivity contribution in [3.63, 3.8) is 0 Å². The van der Waals surface area contributed by atoms with E-state index in [1.54, 1.807) is 26.8 Å². The summed E-state index contributed by atoms with van der Waals surface area (Å²) in [5, 5.41) is 9.00. The third-order valence-electron chi connectivity index (χ3n) is 4.96. The minimum atomic E-state index is -5.90. The highest BCUT2D eigenvalue weighted by Crippen LogP contribution is 2.46. The fraction of sp³-hybridized carbons (Fsp3) is 0.381. The van der Waals surface area contributed by atoms with E-state index < -0.39 is 66.0 Å². The SMILES string of the molecule is CC(C)(C)S(=O)NC1c2c(S(=O)(=O)C(F)(F)F)ccc(Oc3cc(F)cc(C#N)c3)c2C[C@@H]1F. The second-order valence-electron chi connectivity index (χ2n) is 8.49. The van der Waals surface area contributed by atoms with E-state index in [1.165, 1.54) is 0 Å². The average Bonchev–Trinajstić information content (AvgIpc) is 3.02. The van der Waals surface area contributed by atoms with E-state index in [2.05, 4.69) is 4.72 Å².